The average molecular weight is 346 g/mol. The van der Waals surface area contributed by atoms with Gasteiger partial charge in [-0.1, -0.05) is 77.9 Å². The number of hydrogen-bond acceptors (Lipinski definition) is 1. The Morgan fingerprint density at radius 2 is 1.24 bits per heavy atom. The molecule has 3 aromatic carbocycles. The first-order valence-electron chi connectivity index (χ1n) is 8.37. The third-order valence-electron chi connectivity index (χ3n) is 4.13. The van der Waals surface area contributed by atoms with Crippen molar-refractivity contribution in [3.05, 3.63) is 101 Å². The predicted molar refractivity (Wildman–Crippen MR) is 110 cm³/mol. The van der Waals surface area contributed by atoms with E-state index in [9.17, 15) is 0 Å². The van der Waals surface area contributed by atoms with Gasteiger partial charge in [0.2, 0.25) is 0 Å². The van der Waals surface area contributed by atoms with Crippen molar-refractivity contribution in [3.63, 3.8) is 0 Å². The van der Waals surface area contributed by atoms with Crippen molar-refractivity contribution in [1.29, 1.82) is 0 Å². The second-order valence-corrected chi connectivity index (χ2v) is 6.63. The summed E-state index contributed by atoms with van der Waals surface area (Å²) in [5, 5.41) is 7.33. The van der Waals surface area contributed by atoms with Gasteiger partial charge in [0, 0.05) is 5.69 Å². The van der Waals surface area contributed by atoms with Crippen LogP contribution >= 0.6 is 12.2 Å². The molecule has 2 N–H and O–H groups in total. The summed E-state index contributed by atoms with van der Waals surface area (Å²) >= 11 is 5.55. The van der Waals surface area contributed by atoms with Gasteiger partial charge in [-0.05, 0) is 49.3 Å². The molecule has 0 aliphatic rings. The first-order chi connectivity index (χ1) is 12.1. The second-order valence-electron chi connectivity index (χ2n) is 6.22. The fourth-order valence-corrected chi connectivity index (χ4v) is 2.93. The standard InChI is InChI=1S/C22H22N2S/c1-16-8-12-19(13-9-16)21(18-6-4-3-5-7-18)24-22(25)23-20-14-10-17(2)11-15-20/h3-15,21H,1-2H3,(H2,23,24,25). The number of hydrogen-bond donors (Lipinski definition) is 2. The average Bonchev–Trinajstić information content (AvgIpc) is 2.63. The zero-order valence-corrected chi connectivity index (χ0v) is 15.3. The number of nitrogens with one attached hydrogen (secondary N) is 2. The van der Waals surface area contributed by atoms with Gasteiger partial charge in [0.1, 0.15) is 0 Å². The molecule has 126 valence electrons. The molecule has 2 nitrogen and oxygen atoms in total. The van der Waals surface area contributed by atoms with E-state index in [2.05, 4.69) is 85.1 Å². The van der Waals surface area contributed by atoms with Gasteiger partial charge in [0.15, 0.2) is 5.11 Å². The molecule has 0 amide bonds. The normalized spacial score (nSPS) is 11.6. The third kappa shape index (κ3) is 4.68. The molecule has 1 atom stereocenters. The summed E-state index contributed by atoms with van der Waals surface area (Å²) in [7, 11) is 0. The summed E-state index contributed by atoms with van der Waals surface area (Å²) in [5.41, 5.74) is 5.82. The second kappa shape index (κ2) is 7.95. The van der Waals surface area contributed by atoms with E-state index >= 15 is 0 Å². The van der Waals surface area contributed by atoms with Crippen molar-refractivity contribution >= 4 is 23.0 Å². The fraction of sp³-hybridized carbons (Fsp3) is 0.136. The highest BCUT2D eigenvalue weighted by atomic mass is 32.1. The summed E-state index contributed by atoms with van der Waals surface area (Å²) in [6.07, 6.45) is 0. The van der Waals surface area contributed by atoms with E-state index in [1.807, 2.05) is 18.2 Å². The number of rotatable bonds is 4. The molecule has 3 rings (SSSR count). The van der Waals surface area contributed by atoms with Crippen LogP contribution in [0.15, 0.2) is 78.9 Å². The molecule has 25 heavy (non-hydrogen) atoms. The smallest absolute Gasteiger partial charge is 0.171 e. The van der Waals surface area contributed by atoms with E-state index in [-0.39, 0.29) is 6.04 Å². The first kappa shape index (κ1) is 17.2. The van der Waals surface area contributed by atoms with Crippen molar-refractivity contribution in [3.8, 4) is 0 Å². The lowest BCUT2D eigenvalue weighted by atomic mass is 9.98. The number of thiocarbonyl (C=S) groups is 1. The Hall–Kier alpha value is -2.65. The predicted octanol–water partition coefficient (Wildman–Crippen LogP) is 5.38. The van der Waals surface area contributed by atoms with E-state index in [4.69, 9.17) is 12.2 Å². The fourth-order valence-electron chi connectivity index (χ4n) is 2.70. The molecule has 0 heterocycles. The monoisotopic (exact) mass is 346 g/mol. The topological polar surface area (TPSA) is 24.1 Å². The summed E-state index contributed by atoms with van der Waals surface area (Å²) < 4.78 is 0. The molecule has 0 aromatic heterocycles. The van der Waals surface area contributed by atoms with Gasteiger partial charge in [-0.25, -0.2) is 0 Å². The Morgan fingerprint density at radius 1 is 0.720 bits per heavy atom. The minimum absolute atomic E-state index is 0.00671. The third-order valence-corrected chi connectivity index (χ3v) is 4.35. The Balaban J connectivity index is 1.81. The largest absolute Gasteiger partial charge is 0.352 e. The summed E-state index contributed by atoms with van der Waals surface area (Å²) in [5.74, 6) is 0. The molecule has 0 saturated heterocycles. The maximum absolute atomic E-state index is 5.55. The van der Waals surface area contributed by atoms with Crippen LogP contribution in [-0.4, -0.2) is 5.11 Å². The van der Waals surface area contributed by atoms with Crippen LogP contribution in [0.5, 0.6) is 0 Å². The molecule has 0 bridgehead atoms. The quantitative estimate of drug-likeness (QED) is 0.620. The van der Waals surface area contributed by atoms with E-state index in [1.165, 1.54) is 22.3 Å². The van der Waals surface area contributed by atoms with E-state index in [0.717, 1.165) is 5.69 Å². The van der Waals surface area contributed by atoms with Gasteiger partial charge in [0.25, 0.3) is 0 Å². The lowest BCUT2D eigenvalue weighted by Gasteiger charge is -2.22. The van der Waals surface area contributed by atoms with Gasteiger partial charge in [-0.15, -0.1) is 0 Å². The number of aryl methyl sites for hydroxylation is 2. The maximum atomic E-state index is 5.55. The van der Waals surface area contributed by atoms with Gasteiger partial charge >= 0.3 is 0 Å². The van der Waals surface area contributed by atoms with Crippen LogP contribution in [0.25, 0.3) is 0 Å². The van der Waals surface area contributed by atoms with Crippen LogP contribution < -0.4 is 10.6 Å². The zero-order chi connectivity index (χ0) is 17.6. The Kier molecular flexibility index (Phi) is 5.46. The summed E-state index contributed by atoms with van der Waals surface area (Å²) in [4.78, 5) is 0. The van der Waals surface area contributed by atoms with Crippen molar-refractivity contribution in [2.24, 2.45) is 0 Å². The van der Waals surface area contributed by atoms with Crippen molar-refractivity contribution in [2.75, 3.05) is 5.32 Å². The Morgan fingerprint density at radius 3 is 1.84 bits per heavy atom. The van der Waals surface area contributed by atoms with Crippen LogP contribution in [0.1, 0.15) is 28.3 Å². The molecule has 0 aliphatic heterocycles. The molecule has 0 radical (unpaired) electrons. The highest BCUT2D eigenvalue weighted by Gasteiger charge is 2.15. The van der Waals surface area contributed by atoms with Crippen LogP contribution in [0, 0.1) is 13.8 Å². The van der Waals surface area contributed by atoms with Gasteiger partial charge < -0.3 is 10.6 Å². The zero-order valence-electron chi connectivity index (χ0n) is 14.5. The van der Waals surface area contributed by atoms with Crippen molar-refractivity contribution in [2.45, 2.75) is 19.9 Å². The minimum Gasteiger partial charge on any atom is -0.352 e. The van der Waals surface area contributed by atoms with E-state index < -0.39 is 0 Å². The van der Waals surface area contributed by atoms with E-state index in [0.29, 0.717) is 5.11 Å². The lowest BCUT2D eigenvalue weighted by molar-refractivity contribution is 0.768. The number of benzene rings is 3. The first-order valence-corrected chi connectivity index (χ1v) is 8.78. The Bertz CT molecular complexity index is 824. The van der Waals surface area contributed by atoms with Gasteiger partial charge in [0.05, 0.1) is 6.04 Å². The summed E-state index contributed by atoms with van der Waals surface area (Å²) in [6.45, 7) is 4.17. The number of anilines is 1. The highest BCUT2D eigenvalue weighted by molar-refractivity contribution is 7.80. The molecular weight excluding hydrogens is 324 g/mol. The minimum atomic E-state index is 0.00671. The molecule has 0 spiro atoms. The SMILES string of the molecule is Cc1ccc(NC(=S)NC(c2ccccc2)c2ccc(C)cc2)cc1. The van der Waals surface area contributed by atoms with Gasteiger partial charge in [-0.3, -0.25) is 0 Å². The highest BCUT2D eigenvalue weighted by Crippen LogP contribution is 2.22. The van der Waals surface area contributed by atoms with Crippen LogP contribution in [-0.2, 0) is 0 Å². The van der Waals surface area contributed by atoms with Gasteiger partial charge in [-0.2, -0.15) is 0 Å². The lowest BCUT2D eigenvalue weighted by Crippen LogP contribution is -2.33. The molecule has 3 aromatic rings. The van der Waals surface area contributed by atoms with Crippen molar-refractivity contribution < 1.29 is 0 Å². The molecule has 1 unspecified atom stereocenters. The van der Waals surface area contributed by atoms with Crippen LogP contribution in [0.3, 0.4) is 0 Å². The molecule has 3 heteroatoms. The van der Waals surface area contributed by atoms with Crippen LogP contribution in [0.4, 0.5) is 5.69 Å². The maximum Gasteiger partial charge on any atom is 0.171 e. The van der Waals surface area contributed by atoms with E-state index in [1.54, 1.807) is 0 Å². The van der Waals surface area contributed by atoms with Crippen LogP contribution in [0.2, 0.25) is 0 Å². The summed E-state index contributed by atoms with van der Waals surface area (Å²) in [6, 6.07) is 27.1. The Labute approximate surface area is 154 Å². The molecule has 0 aliphatic carbocycles. The van der Waals surface area contributed by atoms with Crippen molar-refractivity contribution in [1.82, 2.24) is 5.32 Å². The molecule has 0 fully saturated rings. The molecule has 0 saturated carbocycles. The molecular formula is C22H22N2S.